The molecule has 0 aliphatic heterocycles. The van der Waals surface area contributed by atoms with Gasteiger partial charge in [0.15, 0.2) is 11.6 Å². The first-order chi connectivity index (χ1) is 7.79. The van der Waals surface area contributed by atoms with Gasteiger partial charge in [0.25, 0.3) is 0 Å². The van der Waals surface area contributed by atoms with Gasteiger partial charge in [-0.3, -0.25) is 4.98 Å². The second-order valence-electron chi connectivity index (χ2n) is 3.20. The molecule has 1 aromatic heterocycles. The first-order valence-electron chi connectivity index (χ1n) is 4.72. The molecule has 2 rings (SSSR count). The molecule has 4 heteroatoms. The molecule has 1 heterocycles. The number of para-hydroxylation sites is 1. The van der Waals surface area contributed by atoms with Gasteiger partial charge in [-0.15, -0.1) is 11.6 Å². The van der Waals surface area contributed by atoms with Crippen molar-refractivity contribution in [3.05, 3.63) is 54.1 Å². The predicted molar refractivity (Wildman–Crippen MR) is 60.3 cm³/mol. The van der Waals surface area contributed by atoms with Crippen LogP contribution in [0.1, 0.15) is 5.56 Å². The Hall–Kier alpha value is -1.61. The normalized spacial score (nSPS) is 10.1. The Morgan fingerprint density at radius 3 is 2.81 bits per heavy atom. The summed E-state index contributed by atoms with van der Waals surface area (Å²) >= 11 is 5.66. The fraction of sp³-hybridized carbons (Fsp3) is 0.0833. The molecule has 0 unspecified atom stereocenters. The lowest BCUT2D eigenvalue weighted by Gasteiger charge is -2.06. The smallest absolute Gasteiger partial charge is 0.165 e. The minimum absolute atomic E-state index is 0.177. The highest BCUT2D eigenvalue weighted by Crippen LogP contribution is 2.24. The van der Waals surface area contributed by atoms with E-state index in [1.54, 1.807) is 30.5 Å². The Balaban J connectivity index is 2.24. The molecule has 0 fully saturated rings. The average Bonchev–Trinajstić information content (AvgIpc) is 2.32. The van der Waals surface area contributed by atoms with Crippen LogP contribution in [0.2, 0.25) is 0 Å². The van der Waals surface area contributed by atoms with Crippen molar-refractivity contribution in [2.24, 2.45) is 0 Å². The third kappa shape index (κ3) is 2.49. The third-order valence-electron chi connectivity index (χ3n) is 1.99. The van der Waals surface area contributed by atoms with Gasteiger partial charge in [-0.2, -0.15) is 0 Å². The molecule has 0 radical (unpaired) electrons. The lowest BCUT2D eigenvalue weighted by atomic mass is 10.3. The Labute approximate surface area is 97.7 Å². The zero-order chi connectivity index (χ0) is 11.4. The molecule has 0 amide bonds. The summed E-state index contributed by atoms with van der Waals surface area (Å²) in [6.07, 6.45) is 3.16. The van der Waals surface area contributed by atoms with E-state index in [1.165, 1.54) is 12.3 Å². The summed E-state index contributed by atoms with van der Waals surface area (Å²) in [4.78, 5) is 3.95. The molecule has 0 aliphatic carbocycles. The zero-order valence-corrected chi connectivity index (χ0v) is 9.12. The molecule has 0 bridgehead atoms. The van der Waals surface area contributed by atoms with E-state index in [0.717, 1.165) is 5.56 Å². The lowest BCUT2D eigenvalue weighted by molar-refractivity contribution is 0.440. The minimum atomic E-state index is -0.404. The highest BCUT2D eigenvalue weighted by molar-refractivity contribution is 6.17. The molecule has 0 spiro atoms. The van der Waals surface area contributed by atoms with Crippen LogP contribution in [-0.2, 0) is 5.88 Å². The number of hydrogen-bond acceptors (Lipinski definition) is 2. The van der Waals surface area contributed by atoms with Crippen LogP contribution < -0.4 is 4.74 Å². The van der Waals surface area contributed by atoms with Gasteiger partial charge in [0.2, 0.25) is 0 Å². The fourth-order valence-electron chi connectivity index (χ4n) is 1.25. The van der Waals surface area contributed by atoms with Crippen LogP contribution in [0.15, 0.2) is 42.7 Å². The quantitative estimate of drug-likeness (QED) is 0.759. The molecule has 0 saturated carbocycles. The van der Waals surface area contributed by atoms with Crippen LogP contribution in [0.25, 0.3) is 0 Å². The molecular weight excluding hydrogens is 229 g/mol. The van der Waals surface area contributed by atoms with Crippen molar-refractivity contribution in [1.82, 2.24) is 4.98 Å². The second-order valence-corrected chi connectivity index (χ2v) is 3.46. The van der Waals surface area contributed by atoms with E-state index >= 15 is 0 Å². The number of halogens is 2. The van der Waals surface area contributed by atoms with Gasteiger partial charge in [0.1, 0.15) is 5.75 Å². The zero-order valence-electron chi connectivity index (χ0n) is 8.36. The molecule has 16 heavy (non-hydrogen) atoms. The van der Waals surface area contributed by atoms with E-state index in [1.807, 2.05) is 0 Å². The van der Waals surface area contributed by atoms with Gasteiger partial charge in [-0.1, -0.05) is 12.1 Å². The summed E-state index contributed by atoms with van der Waals surface area (Å²) in [5, 5.41) is 0. The fourth-order valence-corrected chi connectivity index (χ4v) is 1.39. The lowest BCUT2D eigenvalue weighted by Crippen LogP contribution is -1.90. The predicted octanol–water partition coefficient (Wildman–Crippen LogP) is 3.75. The summed E-state index contributed by atoms with van der Waals surface area (Å²) in [5.41, 5.74) is 0.829. The van der Waals surface area contributed by atoms with Crippen molar-refractivity contribution in [3.8, 4) is 11.5 Å². The number of benzene rings is 1. The highest BCUT2D eigenvalue weighted by atomic mass is 35.5. The minimum Gasteiger partial charge on any atom is -0.453 e. The Kier molecular flexibility index (Phi) is 3.37. The number of rotatable bonds is 3. The van der Waals surface area contributed by atoms with Crippen LogP contribution in [0.3, 0.4) is 0 Å². The maximum Gasteiger partial charge on any atom is 0.165 e. The maximum atomic E-state index is 13.3. The third-order valence-corrected chi connectivity index (χ3v) is 2.30. The van der Waals surface area contributed by atoms with Gasteiger partial charge >= 0.3 is 0 Å². The van der Waals surface area contributed by atoms with Crippen molar-refractivity contribution < 1.29 is 9.13 Å². The topological polar surface area (TPSA) is 22.1 Å². The van der Waals surface area contributed by atoms with Crippen LogP contribution in [-0.4, -0.2) is 4.98 Å². The molecule has 0 N–H and O–H groups in total. The summed E-state index contributed by atoms with van der Waals surface area (Å²) in [7, 11) is 0. The molecule has 2 aromatic rings. The molecule has 0 aliphatic rings. The SMILES string of the molecule is Fc1ccccc1Oc1cncc(CCl)c1. The van der Waals surface area contributed by atoms with E-state index in [9.17, 15) is 4.39 Å². The van der Waals surface area contributed by atoms with Crippen molar-refractivity contribution in [2.45, 2.75) is 5.88 Å². The summed E-state index contributed by atoms with van der Waals surface area (Å²) in [6.45, 7) is 0. The molecule has 0 atom stereocenters. The van der Waals surface area contributed by atoms with E-state index in [4.69, 9.17) is 16.3 Å². The number of alkyl halides is 1. The number of nitrogens with zero attached hydrogens (tertiary/aromatic N) is 1. The van der Waals surface area contributed by atoms with Crippen molar-refractivity contribution in [2.75, 3.05) is 0 Å². The van der Waals surface area contributed by atoms with Crippen LogP contribution in [0.4, 0.5) is 4.39 Å². The highest BCUT2D eigenvalue weighted by Gasteiger charge is 2.03. The number of pyridine rings is 1. The molecule has 0 saturated heterocycles. The van der Waals surface area contributed by atoms with Crippen molar-refractivity contribution in [3.63, 3.8) is 0 Å². The molecule has 82 valence electrons. The number of hydrogen-bond donors (Lipinski definition) is 0. The monoisotopic (exact) mass is 237 g/mol. The second kappa shape index (κ2) is 4.94. The van der Waals surface area contributed by atoms with Gasteiger partial charge in [-0.05, 0) is 23.8 Å². The molecule has 1 aromatic carbocycles. The first-order valence-corrected chi connectivity index (χ1v) is 5.25. The van der Waals surface area contributed by atoms with E-state index in [2.05, 4.69) is 4.98 Å². The van der Waals surface area contributed by atoms with E-state index < -0.39 is 5.82 Å². The number of aromatic nitrogens is 1. The molecule has 2 nitrogen and oxygen atoms in total. The van der Waals surface area contributed by atoms with Crippen LogP contribution >= 0.6 is 11.6 Å². The summed E-state index contributed by atoms with van der Waals surface area (Å²) in [6, 6.07) is 7.94. The molecular formula is C12H9ClFNO. The van der Waals surface area contributed by atoms with Gasteiger partial charge < -0.3 is 4.74 Å². The first kappa shape index (κ1) is 10.9. The van der Waals surface area contributed by atoms with E-state index in [-0.39, 0.29) is 5.75 Å². The Morgan fingerprint density at radius 2 is 2.06 bits per heavy atom. The van der Waals surface area contributed by atoms with Crippen LogP contribution in [0, 0.1) is 5.82 Å². The van der Waals surface area contributed by atoms with Crippen molar-refractivity contribution >= 4 is 11.6 Å². The van der Waals surface area contributed by atoms with Crippen LogP contribution in [0.5, 0.6) is 11.5 Å². The Bertz CT molecular complexity index is 490. The van der Waals surface area contributed by atoms with Gasteiger partial charge in [0.05, 0.1) is 6.20 Å². The summed E-state index contributed by atoms with van der Waals surface area (Å²) in [5.74, 6) is 0.597. The average molecular weight is 238 g/mol. The van der Waals surface area contributed by atoms with Crippen molar-refractivity contribution in [1.29, 1.82) is 0 Å². The Morgan fingerprint density at radius 1 is 1.25 bits per heavy atom. The van der Waals surface area contributed by atoms with Gasteiger partial charge in [0, 0.05) is 12.1 Å². The standard InChI is InChI=1S/C12H9ClFNO/c13-6-9-5-10(8-15-7-9)16-12-4-2-1-3-11(12)14/h1-5,7-8H,6H2. The summed E-state index contributed by atoms with van der Waals surface area (Å²) < 4.78 is 18.6. The maximum absolute atomic E-state index is 13.3. The largest absolute Gasteiger partial charge is 0.453 e. The van der Waals surface area contributed by atoms with E-state index in [0.29, 0.717) is 11.6 Å². The number of ether oxygens (including phenoxy) is 1. The van der Waals surface area contributed by atoms with Gasteiger partial charge in [-0.25, -0.2) is 4.39 Å².